The molecular formula is C27H20N2O3. The lowest BCUT2D eigenvalue weighted by molar-refractivity contribution is 0.0650. The van der Waals surface area contributed by atoms with Gasteiger partial charge in [-0.3, -0.25) is 19.3 Å². The van der Waals surface area contributed by atoms with Crippen LogP contribution in [0.3, 0.4) is 0 Å². The number of amides is 3. The Bertz CT molecular complexity index is 1380. The van der Waals surface area contributed by atoms with E-state index in [9.17, 15) is 14.4 Å². The summed E-state index contributed by atoms with van der Waals surface area (Å²) in [6.07, 6.45) is 0. The Kier molecular flexibility index (Phi) is 4.41. The fourth-order valence-electron chi connectivity index (χ4n) is 4.29. The maximum absolute atomic E-state index is 11.9. The van der Waals surface area contributed by atoms with E-state index in [0.717, 1.165) is 43.3 Å². The number of benzene rings is 4. The number of hydrogen-bond donors (Lipinski definition) is 0. The first-order chi connectivity index (χ1) is 15.4. The van der Waals surface area contributed by atoms with E-state index in [0.29, 0.717) is 11.1 Å². The molecule has 0 radical (unpaired) electrons. The summed E-state index contributed by atoms with van der Waals surface area (Å²) in [5, 5.41) is 3.95. The van der Waals surface area contributed by atoms with Crippen molar-refractivity contribution in [1.29, 1.82) is 0 Å². The summed E-state index contributed by atoms with van der Waals surface area (Å²) in [5.41, 5.74) is 3.70. The predicted molar refractivity (Wildman–Crippen MR) is 125 cm³/mol. The lowest BCUT2D eigenvalue weighted by atomic mass is 9.94. The summed E-state index contributed by atoms with van der Waals surface area (Å²) in [5.74, 6) is -0.422. The minimum absolute atomic E-state index is 0.0331. The molecule has 2 aliphatic heterocycles. The molecule has 5 heteroatoms. The molecular weight excluding hydrogens is 400 g/mol. The van der Waals surface area contributed by atoms with Gasteiger partial charge in [0.2, 0.25) is 0 Å². The summed E-state index contributed by atoms with van der Waals surface area (Å²) in [6, 6.07) is 23.0. The van der Waals surface area contributed by atoms with E-state index in [1.165, 1.54) is 7.05 Å². The van der Waals surface area contributed by atoms with Crippen molar-refractivity contribution < 1.29 is 14.4 Å². The van der Waals surface area contributed by atoms with Gasteiger partial charge >= 0.3 is 0 Å². The minimum Gasteiger partial charge on any atom is -0.311 e. The fraction of sp³-hybridized carbons (Fsp3) is 0.0741. The first kappa shape index (κ1) is 19.7. The SMILES string of the molecule is C=C1c2cc3ccccc3cc2C(=O)N1C.CN1C(=O)c2cccc3cccc(c23)C1=O. The quantitative estimate of drug-likeness (QED) is 0.378. The zero-order valence-corrected chi connectivity index (χ0v) is 17.8. The monoisotopic (exact) mass is 420 g/mol. The van der Waals surface area contributed by atoms with Crippen molar-refractivity contribution in [3.8, 4) is 0 Å². The standard InChI is InChI=1S/C14H11NO.C13H9NO2/c1-9-12-7-10-5-3-4-6-11(10)8-13(12)14(16)15(9)2;1-14-12(15)9-6-2-4-8-5-3-7-10(11(8)9)13(14)16/h3-8H,1H2,2H3;2-7H,1H3. The molecule has 0 atom stereocenters. The van der Waals surface area contributed by atoms with E-state index in [2.05, 4.69) is 6.58 Å². The predicted octanol–water partition coefficient (Wildman–Crippen LogP) is 4.96. The number of fused-ring (bicyclic) bond motifs is 2. The fourth-order valence-corrected chi connectivity index (χ4v) is 4.29. The van der Waals surface area contributed by atoms with Gasteiger partial charge in [-0.25, -0.2) is 0 Å². The first-order valence-electron chi connectivity index (χ1n) is 10.2. The molecule has 0 saturated heterocycles. The third-order valence-electron chi connectivity index (χ3n) is 6.11. The topological polar surface area (TPSA) is 57.7 Å². The van der Waals surface area contributed by atoms with Gasteiger partial charge in [-0.05, 0) is 40.4 Å². The smallest absolute Gasteiger partial charge is 0.261 e. The van der Waals surface area contributed by atoms with Crippen LogP contribution >= 0.6 is 0 Å². The molecule has 4 aromatic carbocycles. The van der Waals surface area contributed by atoms with Gasteiger partial charge < -0.3 is 4.90 Å². The van der Waals surface area contributed by atoms with Gasteiger partial charge in [0.1, 0.15) is 0 Å². The second-order valence-corrected chi connectivity index (χ2v) is 7.93. The number of carbonyl (C=O) groups excluding carboxylic acids is 3. The maximum atomic E-state index is 11.9. The van der Waals surface area contributed by atoms with Gasteiger partial charge in [-0.2, -0.15) is 0 Å². The van der Waals surface area contributed by atoms with Gasteiger partial charge in [0, 0.05) is 47.4 Å². The van der Waals surface area contributed by atoms with Crippen molar-refractivity contribution in [1.82, 2.24) is 9.80 Å². The van der Waals surface area contributed by atoms with Gasteiger partial charge in [-0.15, -0.1) is 0 Å². The van der Waals surface area contributed by atoms with E-state index in [1.54, 1.807) is 24.1 Å². The molecule has 0 unspecified atom stereocenters. The molecule has 0 aromatic heterocycles. The minimum atomic E-state index is -0.228. The third-order valence-corrected chi connectivity index (χ3v) is 6.11. The lowest BCUT2D eigenvalue weighted by Crippen LogP contribution is -2.36. The average molecular weight is 420 g/mol. The number of carbonyl (C=O) groups is 3. The highest BCUT2D eigenvalue weighted by Gasteiger charge is 2.30. The molecule has 0 spiro atoms. The van der Waals surface area contributed by atoms with Crippen LogP contribution in [0.25, 0.3) is 27.2 Å². The molecule has 0 bridgehead atoms. The summed E-state index contributed by atoms with van der Waals surface area (Å²) >= 11 is 0. The number of nitrogens with zero attached hydrogens (tertiary/aromatic N) is 2. The first-order valence-corrected chi connectivity index (χ1v) is 10.2. The Balaban J connectivity index is 0.000000135. The van der Waals surface area contributed by atoms with E-state index in [4.69, 9.17) is 0 Å². The van der Waals surface area contributed by atoms with Crippen LogP contribution in [0.1, 0.15) is 36.6 Å². The number of rotatable bonds is 0. The summed E-state index contributed by atoms with van der Waals surface area (Å²) < 4.78 is 0. The summed E-state index contributed by atoms with van der Waals surface area (Å²) in [6.45, 7) is 3.94. The molecule has 3 amide bonds. The van der Waals surface area contributed by atoms with Crippen LogP contribution in [-0.2, 0) is 0 Å². The zero-order valence-electron chi connectivity index (χ0n) is 17.8. The van der Waals surface area contributed by atoms with Crippen molar-refractivity contribution in [3.05, 3.63) is 102 Å². The molecule has 0 saturated carbocycles. The molecule has 2 heterocycles. The molecule has 0 N–H and O–H groups in total. The Morgan fingerprint density at radius 1 is 0.562 bits per heavy atom. The Hall–Kier alpha value is -4.25. The van der Waals surface area contributed by atoms with Crippen molar-refractivity contribution in [2.75, 3.05) is 14.1 Å². The Morgan fingerprint density at radius 3 is 1.59 bits per heavy atom. The third kappa shape index (κ3) is 2.82. The largest absolute Gasteiger partial charge is 0.311 e. The molecule has 156 valence electrons. The average Bonchev–Trinajstić information content (AvgIpc) is 3.03. The van der Waals surface area contributed by atoms with Crippen LogP contribution in [-0.4, -0.2) is 41.6 Å². The van der Waals surface area contributed by atoms with Crippen LogP contribution in [0.15, 0.2) is 79.4 Å². The van der Waals surface area contributed by atoms with Crippen molar-refractivity contribution in [3.63, 3.8) is 0 Å². The molecule has 4 aromatic rings. The maximum Gasteiger partial charge on any atom is 0.261 e. The van der Waals surface area contributed by atoms with Gasteiger partial charge in [0.25, 0.3) is 17.7 Å². The summed E-state index contributed by atoms with van der Waals surface area (Å²) in [7, 11) is 3.27. The highest BCUT2D eigenvalue weighted by atomic mass is 16.2. The highest BCUT2D eigenvalue weighted by Crippen LogP contribution is 2.33. The van der Waals surface area contributed by atoms with Crippen LogP contribution in [0, 0.1) is 0 Å². The second-order valence-electron chi connectivity index (χ2n) is 7.93. The highest BCUT2D eigenvalue weighted by molar-refractivity contribution is 6.25. The molecule has 0 aliphatic carbocycles. The van der Waals surface area contributed by atoms with Crippen molar-refractivity contribution in [2.24, 2.45) is 0 Å². The van der Waals surface area contributed by atoms with Crippen LogP contribution < -0.4 is 0 Å². The zero-order chi connectivity index (χ0) is 22.6. The normalized spacial score (nSPS) is 14.7. The molecule has 2 aliphatic rings. The van der Waals surface area contributed by atoms with Crippen molar-refractivity contribution in [2.45, 2.75) is 0 Å². The van der Waals surface area contributed by atoms with Crippen molar-refractivity contribution >= 4 is 45.0 Å². The number of hydrogen-bond acceptors (Lipinski definition) is 3. The van der Waals surface area contributed by atoms with Crippen LogP contribution in [0.2, 0.25) is 0 Å². The van der Waals surface area contributed by atoms with Gasteiger partial charge in [0.15, 0.2) is 0 Å². The van der Waals surface area contributed by atoms with Crippen LogP contribution in [0.5, 0.6) is 0 Å². The molecule has 5 nitrogen and oxygen atoms in total. The van der Waals surface area contributed by atoms with E-state index in [-0.39, 0.29) is 17.7 Å². The van der Waals surface area contributed by atoms with E-state index < -0.39 is 0 Å². The lowest BCUT2D eigenvalue weighted by Gasteiger charge is -2.23. The Morgan fingerprint density at radius 2 is 1.03 bits per heavy atom. The molecule has 32 heavy (non-hydrogen) atoms. The van der Waals surface area contributed by atoms with E-state index >= 15 is 0 Å². The summed E-state index contributed by atoms with van der Waals surface area (Å²) in [4.78, 5) is 38.5. The van der Waals surface area contributed by atoms with Gasteiger partial charge in [0.05, 0.1) is 0 Å². The molecule has 0 fully saturated rings. The van der Waals surface area contributed by atoms with Crippen LogP contribution in [0.4, 0.5) is 0 Å². The molecule has 6 rings (SSSR count). The second kappa shape index (κ2) is 7.17. The van der Waals surface area contributed by atoms with E-state index in [1.807, 2.05) is 60.7 Å². The number of imide groups is 1. The Labute approximate surface area is 185 Å². The van der Waals surface area contributed by atoms with Gasteiger partial charge in [-0.1, -0.05) is 55.1 Å².